The number of aliphatic hydroxyl groups excluding tert-OH is 2. The first-order chi connectivity index (χ1) is 50.1. The van der Waals surface area contributed by atoms with Crippen LogP contribution >= 0.6 is 0 Å². The molecule has 0 bridgehead atoms. The van der Waals surface area contributed by atoms with Crippen molar-refractivity contribution in [2.24, 2.45) is 22.9 Å². The van der Waals surface area contributed by atoms with Gasteiger partial charge in [0.15, 0.2) is 6.23 Å². The number of primary amides is 3. The van der Waals surface area contributed by atoms with E-state index in [2.05, 4.69) is 74.4 Å². The second kappa shape index (κ2) is 41.5. The summed E-state index contributed by atoms with van der Waals surface area (Å²) in [5, 5.41) is 38.5. The lowest BCUT2D eigenvalue weighted by Gasteiger charge is -2.17. The maximum Gasteiger partial charge on any atom is 1.00 e. The van der Waals surface area contributed by atoms with Crippen LogP contribution < -0.4 is 45.0 Å². The number of fused-ring (bicyclic) bond motifs is 12. The molecule has 4 aliphatic rings. The lowest BCUT2D eigenvalue weighted by atomic mass is 9.98. The molecule has 4 unspecified atom stereocenters. The molecule has 4 atom stereocenters. The number of methoxy groups -OCH3 is 4. The van der Waals surface area contributed by atoms with Crippen molar-refractivity contribution in [2.45, 2.75) is 48.6 Å². The predicted octanol–water partition coefficient (Wildman–Crippen LogP) is 7.03. The fraction of sp³-hybridized carbons (Fsp3) is 0.227. The number of amides is 6. The van der Waals surface area contributed by atoms with E-state index in [-0.39, 0.29) is 57.4 Å². The molecule has 18 N–H and O–H groups in total. The van der Waals surface area contributed by atoms with Crippen LogP contribution in [-0.2, 0) is 66.7 Å². The van der Waals surface area contributed by atoms with Crippen LogP contribution in [0.3, 0.4) is 0 Å². The maximum absolute atomic E-state index is 12.0. The molecule has 0 aromatic heterocycles. The summed E-state index contributed by atoms with van der Waals surface area (Å²) in [5.74, 6) is -5.22. The van der Waals surface area contributed by atoms with Crippen molar-refractivity contribution in [3.05, 3.63) is 239 Å². The van der Waals surface area contributed by atoms with Gasteiger partial charge in [0, 0.05) is 52.1 Å². The molecule has 0 spiro atoms. The molecule has 8 aromatic rings. The van der Waals surface area contributed by atoms with Gasteiger partial charge >= 0.3 is 43.7 Å². The first kappa shape index (κ1) is 83.2. The van der Waals surface area contributed by atoms with Gasteiger partial charge in [0.25, 0.3) is 11.8 Å². The number of carbonyl (C=O) groups excluding carboxylic acids is 8. The van der Waals surface area contributed by atoms with Crippen LogP contribution in [0.15, 0.2) is 194 Å². The highest BCUT2D eigenvalue weighted by Gasteiger charge is 2.34. The van der Waals surface area contributed by atoms with Crippen LogP contribution in [0.1, 0.15) is 69.6 Å². The zero-order valence-corrected chi connectivity index (χ0v) is 57.7. The highest BCUT2D eigenvalue weighted by atomic mass is 16.6. The minimum absolute atomic E-state index is 0. The summed E-state index contributed by atoms with van der Waals surface area (Å²) in [6.45, 7) is 0.683. The molecule has 8 aromatic carbocycles. The molecule has 0 aliphatic heterocycles. The van der Waals surface area contributed by atoms with Gasteiger partial charge in [-0.3, -0.25) is 36.1 Å². The minimum atomic E-state index is -1.98. The number of esters is 1. The number of carbonyl (C=O) groups is 10. The third-order valence-electron chi connectivity index (χ3n) is 16.2. The summed E-state index contributed by atoms with van der Waals surface area (Å²) in [4.78, 5) is 107. The monoisotopic (exact) mass is 1450 g/mol. The zero-order chi connectivity index (χ0) is 76.0. The Balaban J connectivity index is 0.000000281. The van der Waals surface area contributed by atoms with Gasteiger partial charge in [-0.2, -0.15) is 0 Å². The highest BCUT2D eigenvalue weighted by molar-refractivity contribution is 6.19. The molecule has 0 heterocycles. The Morgan fingerprint density at radius 3 is 0.838 bits per heavy atom. The van der Waals surface area contributed by atoms with Gasteiger partial charge in [-0.15, -0.1) is 0 Å². The van der Waals surface area contributed by atoms with Crippen molar-refractivity contribution in [3.8, 4) is 44.5 Å². The Morgan fingerprint density at radius 2 is 0.648 bits per heavy atom. The van der Waals surface area contributed by atoms with Gasteiger partial charge < -0.3 is 81.7 Å². The number of hydrogen-bond acceptors (Lipinski definition) is 22. The molecule has 554 valence electrons. The topological polar surface area (TPSA) is 501 Å². The summed E-state index contributed by atoms with van der Waals surface area (Å²) >= 11 is 0. The third kappa shape index (κ3) is 22.3. The largest absolute Gasteiger partial charge is 1.00 e. The zero-order valence-electron chi connectivity index (χ0n) is 58.7. The molecule has 0 saturated heterocycles. The normalized spacial score (nSPS) is 12.8. The number of alkyl carbamates (subject to hydrolysis) is 3. The summed E-state index contributed by atoms with van der Waals surface area (Å²) in [7, 11) is 6.10. The molecule has 30 heteroatoms. The van der Waals surface area contributed by atoms with Crippen LogP contribution in [0.5, 0.6) is 0 Å². The van der Waals surface area contributed by atoms with Crippen molar-refractivity contribution in [1.82, 2.24) is 22.1 Å². The maximum atomic E-state index is 12.0. The van der Waals surface area contributed by atoms with Crippen LogP contribution in [0.2, 0.25) is 0 Å². The number of carboxylic acids is 2. The lowest BCUT2D eigenvalue weighted by molar-refractivity contribution is -0.154. The average molecular weight is 1450 g/mol. The minimum Gasteiger partial charge on any atom is -0.478 e. The van der Waals surface area contributed by atoms with Crippen LogP contribution in [-0.4, -0.2) is 168 Å². The number of aliphatic carboxylic acids is 2. The van der Waals surface area contributed by atoms with Crippen molar-refractivity contribution < 1.29 is 108 Å². The van der Waals surface area contributed by atoms with Crippen molar-refractivity contribution in [2.75, 3.05) is 62.0 Å². The van der Waals surface area contributed by atoms with Crippen LogP contribution in [0.25, 0.3) is 44.5 Å². The van der Waals surface area contributed by atoms with E-state index in [4.69, 9.17) is 75.6 Å². The molecule has 0 radical (unpaired) electrons. The molecule has 30 nitrogen and oxygen atoms in total. The standard InChI is InChI=1S/C19H19NO5.C18H18N2O4.C17H15NO5.C15H13NO2.C3H8N2O2.C2H2O3.CH4O.H3N/c1-23-17(18(21)24-2)20-19(22)25-11-16-14-9-5-3-7-12(14)13-8-4-6-10-15(13)16;1-23-17(16(19)21)20-18(22)24-10-15-13-8-4-2-6-11(13)12-7-3-5-9-14(12)15;19-15(16(20)21)18-17(22)23-9-14-12-7-3-1-5-10(12)11-6-2-4-8-13(11)14;16-15(17)18-9-14-12-7-3-1-5-10(12)11-6-2-4-8-13(11)14;1-7-3(5)2(4)6;3-1-2(4)5;1-2;/h3-10,16-17H,11H2,1-2H3,(H,20,22);2-9,15,17H,10H2,1H3,(H2,19,21)(H,20,22);1-8,14-15,19H,9H2,(H,18,22)(H,20,21);1-8,14H,9H2,(H2,16,17);3H,5H2,1H3,(H2,4,6);1H,(H,4,5);2H,1H3;1H3/p+1. The molecule has 6 amide bonds. The molecule has 105 heavy (non-hydrogen) atoms. The second-order valence-electron chi connectivity index (χ2n) is 22.2. The molecular formula is C75H83N8O22+. The van der Waals surface area contributed by atoms with Crippen LogP contribution in [0.4, 0.5) is 19.2 Å². The van der Waals surface area contributed by atoms with E-state index >= 15 is 0 Å². The Hall–Kier alpha value is -12.4. The summed E-state index contributed by atoms with van der Waals surface area (Å²) in [6, 6.07) is 64.3. The van der Waals surface area contributed by atoms with Gasteiger partial charge in [-0.05, 0) is 89.0 Å². The van der Waals surface area contributed by atoms with E-state index in [1.165, 1.54) is 50.7 Å². The number of hydrogen-bond donors (Lipinski definition) is 12. The number of benzene rings is 8. The van der Waals surface area contributed by atoms with E-state index in [0.717, 1.165) is 73.9 Å². The lowest BCUT2D eigenvalue weighted by Crippen LogP contribution is -2.46. The number of nitrogens with two attached hydrogens (primary N) is 4. The first-order valence-electron chi connectivity index (χ1n) is 31.6. The number of aliphatic hydroxyl groups is 2. The van der Waals surface area contributed by atoms with E-state index < -0.39 is 79.0 Å². The second-order valence-corrected chi connectivity index (χ2v) is 22.2. The Morgan fingerprint density at radius 1 is 0.410 bits per heavy atom. The highest BCUT2D eigenvalue weighted by Crippen LogP contribution is 2.48. The van der Waals surface area contributed by atoms with E-state index in [0.29, 0.717) is 6.61 Å². The van der Waals surface area contributed by atoms with Crippen molar-refractivity contribution >= 4 is 60.4 Å². The smallest absolute Gasteiger partial charge is 0.478 e. The number of rotatable bonds is 19. The molecule has 0 fully saturated rings. The first-order valence-corrected chi connectivity index (χ1v) is 31.6. The van der Waals surface area contributed by atoms with Crippen molar-refractivity contribution in [1.29, 1.82) is 0 Å². The number of aldehydes is 1. The van der Waals surface area contributed by atoms with Crippen LogP contribution in [0, 0.1) is 0 Å². The Labute approximate surface area is 604 Å². The molecular weight excluding hydrogens is 1360 g/mol. The number of nitrogens with one attached hydrogen (secondary N) is 3. The van der Waals surface area contributed by atoms with E-state index in [1.807, 2.05) is 151 Å². The Kier molecular flexibility index (Phi) is 32.9. The Bertz CT molecular complexity index is 4140. The molecule has 12 rings (SSSR count). The molecule has 0 saturated carbocycles. The van der Waals surface area contributed by atoms with Gasteiger partial charge in [0.05, 0.1) is 7.11 Å². The summed E-state index contributed by atoms with van der Waals surface area (Å²) in [6.07, 6.45) is -8.69. The summed E-state index contributed by atoms with van der Waals surface area (Å²) < 4.78 is 39.2. The van der Waals surface area contributed by atoms with Gasteiger partial charge in [0.2, 0.25) is 25.0 Å². The molecule has 4 aliphatic carbocycles. The van der Waals surface area contributed by atoms with Gasteiger partial charge in [0.1, 0.15) is 26.4 Å². The van der Waals surface area contributed by atoms with Gasteiger partial charge in [-0.25, -0.2) is 33.6 Å². The SMILES string of the molecule is CO.COC(=O)C(NC(=O)OCC1c2ccccc2-c2ccccc21)OC.COC(N)C(N)=O.COC(NC(=O)OCC1c2ccccc2-c2ccccc21)C(N)=O.N.NC(=O)OCC1c2ccccc2-c2ccccc21.O=C(NC(O)C(=O)O)OCC1c2ccccc2-c2ccccc21.O=CC(=O)O.[H+]. The van der Waals surface area contributed by atoms with Gasteiger partial charge in [-0.1, -0.05) is 194 Å². The fourth-order valence-electron chi connectivity index (χ4n) is 11.6. The van der Waals surface area contributed by atoms with E-state index in [9.17, 15) is 38.4 Å². The van der Waals surface area contributed by atoms with E-state index in [1.54, 1.807) is 0 Å². The number of carboxylic acid groups (broad SMARTS) is 2. The average Bonchev–Trinajstić information content (AvgIpc) is 1.65. The predicted molar refractivity (Wildman–Crippen MR) is 382 cm³/mol. The summed E-state index contributed by atoms with van der Waals surface area (Å²) in [5.41, 5.74) is 37.9. The van der Waals surface area contributed by atoms with Crippen molar-refractivity contribution in [3.63, 3.8) is 0 Å². The fourth-order valence-corrected chi connectivity index (χ4v) is 11.6. The number of ether oxygens (including phenoxy) is 8. The third-order valence-corrected chi connectivity index (χ3v) is 16.2. The quantitative estimate of drug-likeness (QED) is 0.0127.